The van der Waals surface area contributed by atoms with Crippen LogP contribution in [0.3, 0.4) is 0 Å². The highest BCUT2D eigenvalue weighted by Gasteiger charge is 2.46. The van der Waals surface area contributed by atoms with Crippen LogP contribution in [0.2, 0.25) is 0 Å². The molecule has 15 heavy (non-hydrogen) atoms. The SMILES string of the molecule is C[C@H]1[C@@H](O)[C@@H](CO)OC(C(C)(C)C)[C@@H]1O. The summed E-state index contributed by atoms with van der Waals surface area (Å²) in [6.07, 6.45) is -2.44. The van der Waals surface area contributed by atoms with E-state index in [9.17, 15) is 10.2 Å². The quantitative estimate of drug-likeness (QED) is 0.586. The number of hydrogen-bond acceptors (Lipinski definition) is 4. The van der Waals surface area contributed by atoms with Crippen LogP contribution in [-0.2, 0) is 4.74 Å². The lowest BCUT2D eigenvalue weighted by molar-refractivity contribution is -0.230. The molecule has 1 aliphatic heterocycles. The molecule has 1 unspecified atom stereocenters. The van der Waals surface area contributed by atoms with E-state index in [2.05, 4.69) is 0 Å². The maximum Gasteiger partial charge on any atom is 0.107 e. The van der Waals surface area contributed by atoms with Gasteiger partial charge >= 0.3 is 0 Å². The average molecular weight is 218 g/mol. The van der Waals surface area contributed by atoms with Gasteiger partial charge in [0.25, 0.3) is 0 Å². The molecule has 90 valence electrons. The van der Waals surface area contributed by atoms with E-state index in [-0.39, 0.29) is 24.0 Å². The van der Waals surface area contributed by atoms with Crippen molar-refractivity contribution in [2.45, 2.75) is 52.1 Å². The van der Waals surface area contributed by atoms with Gasteiger partial charge in [-0.2, -0.15) is 0 Å². The molecule has 0 bridgehead atoms. The van der Waals surface area contributed by atoms with Crippen LogP contribution < -0.4 is 0 Å². The van der Waals surface area contributed by atoms with Crippen molar-refractivity contribution in [2.75, 3.05) is 6.61 Å². The molecule has 0 radical (unpaired) electrons. The van der Waals surface area contributed by atoms with Crippen molar-refractivity contribution in [3.63, 3.8) is 0 Å². The molecule has 0 aliphatic carbocycles. The lowest BCUT2D eigenvalue weighted by Crippen LogP contribution is -2.58. The third kappa shape index (κ3) is 2.50. The Kier molecular flexibility index (Phi) is 3.76. The summed E-state index contributed by atoms with van der Waals surface area (Å²) in [6.45, 7) is 7.48. The van der Waals surface area contributed by atoms with Crippen LogP contribution in [0.15, 0.2) is 0 Å². The molecule has 1 aliphatic rings. The first kappa shape index (κ1) is 12.9. The van der Waals surface area contributed by atoms with Gasteiger partial charge in [-0.3, -0.25) is 0 Å². The smallest absolute Gasteiger partial charge is 0.107 e. The monoisotopic (exact) mass is 218 g/mol. The molecular weight excluding hydrogens is 196 g/mol. The highest BCUT2D eigenvalue weighted by molar-refractivity contribution is 4.94. The summed E-state index contributed by atoms with van der Waals surface area (Å²) in [6, 6.07) is 0. The van der Waals surface area contributed by atoms with Gasteiger partial charge in [-0.05, 0) is 5.41 Å². The first-order valence-corrected chi connectivity index (χ1v) is 5.41. The average Bonchev–Trinajstić information content (AvgIpc) is 2.13. The van der Waals surface area contributed by atoms with Crippen LogP contribution in [0.25, 0.3) is 0 Å². The number of rotatable bonds is 1. The van der Waals surface area contributed by atoms with E-state index >= 15 is 0 Å². The Bertz CT molecular complexity index is 209. The molecule has 0 aromatic heterocycles. The van der Waals surface area contributed by atoms with Gasteiger partial charge in [-0.15, -0.1) is 0 Å². The lowest BCUT2D eigenvalue weighted by Gasteiger charge is -2.46. The maximum atomic E-state index is 9.99. The van der Waals surface area contributed by atoms with Crippen LogP contribution in [0.5, 0.6) is 0 Å². The molecule has 0 aromatic rings. The third-order valence-corrected chi connectivity index (χ3v) is 3.12. The summed E-state index contributed by atoms with van der Waals surface area (Å²) in [4.78, 5) is 0. The summed E-state index contributed by atoms with van der Waals surface area (Å²) in [5.41, 5.74) is -0.207. The van der Waals surface area contributed by atoms with E-state index in [1.54, 1.807) is 6.92 Å². The summed E-state index contributed by atoms with van der Waals surface area (Å²) in [5, 5.41) is 28.8. The minimum atomic E-state index is -0.802. The standard InChI is InChI=1S/C11H22O4/c1-6-8(13)7(5-12)15-10(9(6)14)11(2,3)4/h6-10,12-14H,5H2,1-4H3/t6-,7+,8+,9+,10?/m0/s1. The third-order valence-electron chi connectivity index (χ3n) is 3.12. The second-order valence-corrected chi connectivity index (χ2v) is 5.48. The summed E-state index contributed by atoms with van der Waals surface area (Å²) in [7, 11) is 0. The normalized spacial score (nSPS) is 43.0. The minimum absolute atomic E-state index is 0.207. The van der Waals surface area contributed by atoms with Gasteiger partial charge in [0.2, 0.25) is 0 Å². The predicted molar refractivity (Wildman–Crippen MR) is 56.4 cm³/mol. The number of aliphatic hydroxyl groups is 3. The Morgan fingerprint density at radius 1 is 1.13 bits per heavy atom. The van der Waals surface area contributed by atoms with Crippen LogP contribution in [0, 0.1) is 11.3 Å². The molecule has 5 atom stereocenters. The second-order valence-electron chi connectivity index (χ2n) is 5.48. The zero-order valence-corrected chi connectivity index (χ0v) is 9.84. The van der Waals surface area contributed by atoms with Gasteiger partial charge in [0.05, 0.1) is 24.9 Å². The number of aliphatic hydroxyl groups excluding tert-OH is 3. The summed E-state index contributed by atoms with van der Waals surface area (Å²) in [5.74, 6) is -0.278. The Labute approximate surface area is 90.9 Å². The molecule has 1 saturated heterocycles. The van der Waals surface area contributed by atoms with E-state index in [1.807, 2.05) is 20.8 Å². The van der Waals surface area contributed by atoms with Gasteiger partial charge in [0.15, 0.2) is 0 Å². The van der Waals surface area contributed by atoms with Gasteiger partial charge < -0.3 is 20.1 Å². The van der Waals surface area contributed by atoms with Crippen LogP contribution in [0.4, 0.5) is 0 Å². The molecule has 0 saturated carbocycles. The maximum absolute atomic E-state index is 9.99. The fraction of sp³-hybridized carbons (Fsp3) is 1.00. The Hall–Kier alpha value is -0.160. The molecule has 1 heterocycles. The van der Waals surface area contributed by atoms with Gasteiger partial charge in [-0.1, -0.05) is 27.7 Å². The van der Waals surface area contributed by atoms with E-state index in [4.69, 9.17) is 9.84 Å². The van der Waals surface area contributed by atoms with Crippen molar-refractivity contribution >= 4 is 0 Å². The molecule has 1 fully saturated rings. The van der Waals surface area contributed by atoms with Crippen molar-refractivity contribution < 1.29 is 20.1 Å². The van der Waals surface area contributed by atoms with Crippen molar-refractivity contribution in [3.8, 4) is 0 Å². The van der Waals surface area contributed by atoms with Gasteiger partial charge in [0.1, 0.15) is 6.10 Å². The number of ether oxygens (including phenoxy) is 1. The number of hydrogen-bond donors (Lipinski definition) is 3. The zero-order chi connectivity index (χ0) is 11.8. The highest BCUT2D eigenvalue weighted by Crippen LogP contribution is 2.35. The fourth-order valence-corrected chi connectivity index (χ4v) is 2.03. The van der Waals surface area contributed by atoms with Crippen molar-refractivity contribution in [1.82, 2.24) is 0 Å². The first-order chi connectivity index (χ1) is 6.79. The molecule has 0 amide bonds. The van der Waals surface area contributed by atoms with Crippen molar-refractivity contribution in [2.24, 2.45) is 11.3 Å². The first-order valence-electron chi connectivity index (χ1n) is 5.41. The lowest BCUT2D eigenvalue weighted by atomic mass is 9.77. The van der Waals surface area contributed by atoms with E-state index in [1.165, 1.54) is 0 Å². The molecule has 4 nitrogen and oxygen atoms in total. The fourth-order valence-electron chi connectivity index (χ4n) is 2.03. The van der Waals surface area contributed by atoms with E-state index in [0.717, 1.165) is 0 Å². The molecule has 0 aromatic carbocycles. The Morgan fingerprint density at radius 2 is 1.67 bits per heavy atom. The highest BCUT2D eigenvalue weighted by atomic mass is 16.5. The van der Waals surface area contributed by atoms with E-state index in [0.29, 0.717) is 0 Å². The summed E-state index contributed by atoms with van der Waals surface area (Å²) >= 11 is 0. The topological polar surface area (TPSA) is 69.9 Å². The van der Waals surface area contributed by atoms with E-state index < -0.39 is 18.3 Å². The molecule has 4 heteroatoms. The van der Waals surface area contributed by atoms with Crippen LogP contribution in [-0.4, -0.2) is 46.3 Å². The molecular formula is C11H22O4. The van der Waals surface area contributed by atoms with Crippen LogP contribution >= 0.6 is 0 Å². The zero-order valence-electron chi connectivity index (χ0n) is 9.84. The Morgan fingerprint density at radius 3 is 2.07 bits per heavy atom. The van der Waals surface area contributed by atoms with Gasteiger partial charge in [-0.25, -0.2) is 0 Å². The van der Waals surface area contributed by atoms with Crippen LogP contribution in [0.1, 0.15) is 27.7 Å². The molecule has 3 N–H and O–H groups in total. The molecule has 0 spiro atoms. The van der Waals surface area contributed by atoms with Crippen molar-refractivity contribution in [3.05, 3.63) is 0 Å². The minimum Gasteiger partial charge on any atom is -0.394 e. The largest absolute Gasteiger partial charge is 0.394 e. The van der Waals surface area contributed by atoms with Gasteiger partial charge in [0, 0.05) is 5.92 Å². The summed E-state index contributed by atoms with van der Waals surface area (Å²) < 4.78 is 5.54. The van der Waals surface area contributed by atoms with Crippen molar-refractivity contribution in [1.29, 1.82) is 0 Å². The predicted octanol–water partition coefficient (Wildman–Crippen LogP) is 0.150. The Balaban J connectivity index is 2.83. The second kappa shape index (κ2) is 4.37. The molecule has 1 rings (SSSR count).